The standard InChI is InChI=1S/C23H25ClFN5O3/c24-17-10-15(25)7-14-9-19(29-20(14)17)23(33)30-18(6-12-3-4-12)22(32)28-16(11-26)8-13-2-1-5-27-21(13)31/h7,9-10,12-13,16,18,29H,1-6,8H2,(H,27,31)(H,28,32)(H,30,33)/t13-,16-,18-/m0/s1. The summed E-state index contributed by atoms with van der Waals surface area (Å²) in [6.07, 6.45) is 4.14. The number of benzene rings is 1. The molecule has 1 aliphatic carbocycles. The number of halogens is 2. The number of nitrogens with zero attached hydrogens (tertiary/aromatic N) is 1. The van der Waals surface area contributed by atoms with Crippen molar-refractivity contribution in [3.05, 3.63) is 34.7 Å². The minimum absolute atomic E-state index is 0.104. The van der Waals surface area contributed by atoms with E-state index in [9.17, 15) is 24.0 Å². The summed E-state index contributed by atoms with van der Waals surface area (Å²) in [5.41, 5.74) is 0.587. The van der Waals surface area contributed by atoms with E-state index in [0.717, 1.165) is 25.3 Å². The van der Waals surface area contributed by atoms with E-state index in [0.29, 0.717) is 36.2 Å². The zero-order valence-corrected chi connectivity index (χ0v) is 18.7. The van der Waals surface area contributed by atoms with Gasteiger partial charge in [0.2, 0.25) is 11.8 Å². The second-order valence-electron chi connectivity index (χ2n) is 8.80. The molecule has 1 saturated heterocycles. The summed E-state index contributed by atoms with van der Waals surface area (Å²) in [6, 6.07) is 4.29. The van der Waals surface area contributed by atoms with Crippen LogP contribution in [0, 0.1) is 29.0 Å². The molecule has 0 spiro atoms. The smallest absolute Gasteiger partial charge is 0.268 e. The zero-order valence-electron chi connectivity index (χ0n) is 17.9. The number of carbonyl (C=O) groups excluding carboxylic acids is 3. The van der Waals surface area contributed by atoms with Gasteiger partial charge in [-0.2, -0.15) is 5.26 Å². The molecule has 2 aromatic rings. The van der Waals surface area contributed by atoms with Crippen LogP contribution in [-0.4, -0.2) is 41.3 Å². The third kappa shape index (κ3) is 5.63. The van der Waals surface area contributed by atoms with Gasteiger partial charge in [-0.1, -0.05) is 24.4 Å². The molecule has 8 nitrogen and oxygen atoms in total. The highest BCUT2D eigenvalue weighted by Gasteiger charge is 2.33. The highest BCUT2D eigenvalue weighted by molar-refractivity contribution is 6.35. The Morgan fingerprint density at radius 2 is 2.00 bits per heavy atom. The van der Waals surface area contributed by atoms with Crippen LogP contribution in [-0.2, 0) is 9.59 Å². The van der Waals surface area contributed by atoms with Crippen molar-refractivity contribution in [2.24, 2.45) is 11.8 Å². The van der Waals surface area contributed by atoms with Crippen LogP contribution in [0.5, 0.6) is 0 Å². The van der Waals surface area contributed by atoms with Gasteiger partial charge in [0.05, 0.1) is 16.6 Å². The molecule has 2 fully saturated rings. The molecule has 2 heterocycles. The Bertz CT molecular complexity index is 1120. The van der Waals surface area contributed by atoms with Gasteiger partial charge in [0.25, 0.3) is 5.91 Å². The van der Waals surface area contributed by atoms with E-state index < -0.39 is 29.7 Å². The van der Waals surface area contributed by atoms with Gasteiger partial charge in [0.15, 0.2) is 0 Å². The van der Waals surface area contributed by atoms with Crippen molar-refractivity contribution in [2.45, 2.75) is 50.6 Å². The first-order valence-corrected chi connectivity index (χ1v) is 11.5. The van der Waals surface area contributed by atoms with E-state index in [1.54, 1.807) is 0 Å². The van der Waals surface area contributed by atoms with Crippen LogP contribution >= 0.6 is 11.6 Å². The van der Waals surface area contributed by atoms with Gasteiger partial charge in [0, 0.05) is 17.8 Å². The highest BCUT2D eigenvalue weighted by Crippen LogP contribution is 2.34. The molecule has 10 heteroatoms. The highest BCUT2D eigenvalue weighted by atomic mass is 35.5. The van der Waals surface area contributed by atoms with Crippen molar-refractivity contribution in [3.8, 4) is 6.07 Å². The predicted octanol–water partition coefficient (Wildman–Crippen LogP) is 2.78. The Hall–Kier alpha value is -3.12. The first kappa shape index (κ1) is 23.1. The molecule has 1 aliphatic heterocycles. The van der Waals surface area contributed by atoms with E-state index in [1.165, 1.54) is 12.1 Å². The fourth-order valence-corrected chi connectivity index (χ4v) is 4.46. The van der Waals surface area contributed by atoms with Crippen LogP contribution in [0.3, 0.4) is 0 Å². The minimum atomic E-state index is -0.834. The first-order chi connectivity index (χ1) is 15.8. The van der Waals surface area contributed by atoms with Crippen LogP contribution < -0.4 is 16.0 Å². The molecule has 3 atom stereocenters. The topological polar surface area (TPSA) is 127 Å². The van der Waals surface area contributed by atoms with E-state index in [4.69, 9.17) is 11.6 Å². The molecule has 0 unspecified atom stereocenters. The number of hydrogen-bond donors (Lipinski definition) is 4. The molecular weight excluding hydrogens is 449 g/mol. The third-order valence-electron chi connectivity index (χ3n) is 6.17. The molecule has 1 aromatic heterocycles. The monoisotopic (exact) mass is 473 g/mol. The molecule has 0 bridgehead atoms. The Morgan fingerprint density at radius 1 is 1.21 bits per heavy atom. The van der Waals surface area contributed by atoms with Crippen molar-refractivity contribution < 1.29 is 18.8 Å². The van der Waals surface area contributed by atoms with Crippen LogP contribution in [0.2, 0.25) is 5.02 Å². The summed E-state index contributed by atoms with van der Waals surface area (Å²) < 4.78 is 13.6. The van der Waals surface area contributed by atoms with Crippen molar-refractivity contribution in [1.82, 2.24) is 20.9 Å². The number of piperidine rings is 1. The van der Waals surface area contributed by atoms with Gasteiger partial charge >= 0.3 is 0 Å². The molecule has 3 amide bonds. The van der Waals surface area contributed by atoms with Crippen molar-refractivity contribution in [3.63, 3.8) is 0 Å². The lowest BCUT2D eigenvalue weighted by Crippen LogP contribution is -2.50. The second-order valence-corrected chi connectivity index (χ2v) is 9.20. The third-order valence-corrected chi connectivity index (χ3v) is 6.47. The van der Waals surface area contributed by atoms with Gasteiger partial charge in [-0.05, 0) is 49.8 Å². The fraction of sp³-hybridized carbons (Fsp3) is 0.478. The lowest BCUT2D eigenvalue weighted by atomic mass is 9.92. The predicted molar refractivity (Wildman–Crippen MR) is 120 cm³/mol. The Labute approximate surface area is 195 Å². The number of carbonyl (C=O) groups is 3. The number of aromatic amines is 1. The number of H-pyrrole nitrogens is 1. The summed E-state index contributed by atoms with van der Waals surface area (Å²) in [7, 11) is 0. The lowest BCUT2D eigenvalue weighted by molar-refractivity contribution is -0.128. The minimum Gasteiger partial charge on any atom is -0.356 e. The van der Waals surface area contributed by atoms with E-state index in [1.807, 2.05) is 0 Å². The van der Waals surface area contributed by atoms with Crippen LogP contribution in [0.25, 0.3) is 10.9 Å². The van der Waals surface area contributed by atoms with Crippen LogP contribution in [0.4, 0.5) is 4.39 Å². The lowest BCUT2D eigenvalue weighted by Gasteiger charge is -2.25. The molecule has 4 N–H and O–H groups in total. The number of fused-ring (bicyclic) bond motifs is 1. The summed E-state index contributed by atoms with van der Waals surface area (Å²) in [5, 5.41) is 18.3. The summed E-state index contributed by atoms with van der Waals surface area (Å²) in [5.74, 6) is -1.60. The number of nitrogens with one attached hydrogen (secondary N) is 4. The second kappa shape index (κ2) is 9.79. The maximum atomic E-state index is 13.6. The van der Waals surface area contributed by atoms with Crippen molar-refractivity contribution in [1.29, 1.82) is 5.26 Å². The van der Waals surface area contributed by atoms with E-state index >= 15 is 0 Å². The van der Waals surface area contributed by atoms with Crippen LogP contribution in [0.15, 0.2) is 18.2 Å². The molecule has 4 rings (SSSR count). The molecule has 1 saturated carbocycles. The molecule has 174 valence electrons. The van der Waals surface area contributed by atoms with Gasteiger partial charge < -0.3 is 20.9 Å². The Morgan fingerprint density at radius 3 is 2.70 bits per heavy atom. The average Bonchev–Trinajstić information content (AvgIpc) is 3.49. The van der Waals surface area contributed by atoms with Crippen LogP contribution in [0.1, 0.15) is 49.0 Å². The summed E-state index contributed by atoms with van der Waals surface area (Å²) >= 11 is 6.05. The maximum absolute atomic E-state index is 13.6. The molecule has 2 aliphatic rings. The van der Waals surface area contributed by atoms with Crippen molar-refractivity contribution in [2.75, 3.05) is 6.54 Å². The van der Waals surface area contributed by atoms with Crippen molar-refractivity contribution >= 4 is 40.2 Å². The molecule has 0 radical (unpaired) electrons. The zero-order chi connectivity index (χ0) is 23.5. The summed E-state index contributed by atoms with van der Waals surface area (Å²) in [4.78, 5) is 40.7. The van der Waals surface area contributed by atoms with Gasteiger partial charge in [-0.15, -0.1) is 0 Å². The largest absolute Gasteiger partial charge is 0.356 e. The molecule has 1 aromatic carbocycles. The Kier molecular flexibility index (Phi) is 6.84. The van der Waals surface area contributed by atoms with Gasteiger partial charge in [0.1, 0.15) is 23.6 Å². The quantitative estimate of drug-likeness (QED) is 0.470. The number of nitriles is 1. The fourth-order valence-electron chi connectivity index (χ4n) is 4.20. The molecule has 33 heavy (non-hydrogen) atoms. The normalized spacial score (nSPS) is 19.9. The van der Waals surface area contributed by atoms with E-state index in [2.05, 4.69) is 27.0 Å². The van der Waals surface area contributed by atoms with Gasteiger partial charge in [-0.3, -0.25) is 14.4 Å². The first-order valence-electron chi connectivity index (χ1n) is 11.1. The van der Waals surface area contributed by atoms with E-state index in [-0.39, 0.29) is 29.0 Å². The number of amides is 3. The number of rotatable bonds is 8. The molecular formula is C23H25ClFN5O3. The number of aromatic nitrogens is 1. The maximum Gasteiger partial charge on any atom is 0.268 e. The summed E-state index contributed by atoms with van der Waals surface area (Å²) in [6.45, 7) is 0.625. The Balaban J connectivity index is 1.44. The SMILES string of the molecule is N#C[C@H](C[C@@H]1CCCNC1=O)NC(=O)[C@H](CC1CC1)NC(=O)c1cc2cc(F)cc(Cl)c2[nH]1. The number of hydrogen-bond acceptors (Lipinski definition) is 4. The van der Waals surface area contributed by atoms with Gasteiger partial charge in [-0.25, -0.2) is 4.39 Å². The average molecular weight is 474 g/mol.